The molecule has 0 aromatic rings. The van der Waals surface area contributed by atoms with Crippen molar-refractivity contribution >= 4 is 31.7 Å². The first-order valence-electron chi connectivity index (χ1n) is 47.6. The summed E-state index contributed by atoms with van der Waals surface area (Å²) in [5.41, 5.74) is 0. The van der Waals surface area contributed by atoms with E-state index in [0.717, 1.165) is 167 Å². The molecule has 2 heterocycles. The molecule has 0 aromatic heterocycles. The van der Waals surface area contributed by atoms with Crippen molar-refractivity contribution in [1.29, 1.82) is 0 Å². The Labute approximate surface area is 711 Å². The number of ether oxygens (including phenoxy) is 8. The number of aliphatic hydroxyl groups is 9. The third-order valence-electron chi connectivity index (χ3n) is 23.2. The van der Waals surface area contributed by atoms with Crippen molar-refractivity contribution in [2.24, 2.45) is 0 Å². The molecule has 692 valence electrons. The first-order chi connectivity index (χ1) is 57.2. The van der Waals surface area contributed by atoms with Crippen LogP contribution in [0.4, 0.5) is 0 Å². The van der Waals surface area contributed by atoms with E-state index in [1.807, 2.05) is 0 Å². The van der Waals surface area contributed by atoms with Gasteiger partial charge in [-0.15, -0.1) is 0 Å². The highest BCUT2D eigenvalue weighted by molar-refractivity contribution is 7.47. The molecule has 0 radical (unpaired) electrons. The molecule has 3 aliphatic rings. The normalized spacial score (nSPS) is 25.0. The Morgan fingerprint density at radius 2 is 0.636 bits per heavy atom. The van der Waals surface area contributed by atoms with Crippen molar-refractivity contribution in [3.63, 3.8) is 0 Å². The van der Waals surface area contributed by atoms with E-state index >= 15 is 0 Å². The Morgan fingerprint density at radius 1 is 0.331 bits per heavy atom. The lowest BCUT2D eigenvalue weighted by Gasteiger charge is -2.50. The summed E-state index contributed by atoms with van der Waals surface area (Å²) in [6.07, 6.45) is 31.6. The topological polar surface area (TPSA) is 380 Å². The predicted molar refractivity (Wildman–Crippen MR) is 458 cm³/mol. The van der Waals surface area contributed by atoms with Crippen molar-refractivity contribution in [3.05, 3.63) is 24.3 Å². The monoisotopic (exact) mass is 1710 g/mol. The van der Waals surface area contributed by atoms with E-state index in [1.165, 1.54) is 154 Å². The standard InChI is InChI=1S/C92H169O25P/c1-5-9-13-17-21-25-29-33-36-39-43-47-50-54-58-62-66-77(96)111-72(69-108-75(94)64-60-56-52-48-44-41-37-34-30-26-22-18-14-10-6-2)70-110-118(106,107)117-90-88(115-91-85(104)81(100)79(98)73(68-93)112-91)84(103)83(102)87(114-78(97)67-63-59-55-51-46-40-32-28-24-20-16-12-8-4)89(90)116-92-86(105)82(101)80(99)74(113-92)71-109-76(95)65-61-57-53-49-45-42-38-35-31-27-23-19-15-11-7-3/h26-27,30-31,72-74,79-93,98-105H,5-25,28-29,32-71H2,1-4H3,(H,106,107)/b30-26-,31-27-. The maximum absolute atomic E-state index is 14.9. The number of phosphoric acid groups is 1. The molecule has 2 aliphatic heterocycles. The van der Waals surface area contributed by atoms with Crippen LogP contribution in [0.15, 0.2) is 24.3 Å². The number of carbonyl (C=O) groups is 4. The molecule has 18 unspecified atom stereocenters. The first kappa shape index (κ1) is 109. The minimum atomic E-state index is -5.81. The molecule has 25 nitrogen and oxygen atoms in total. The quantitative estimate of drug-likeness (QED) is 0.00889. The lowest BCUT2D eigenvalue weighted by atomic mass is 9.84. The van der Waals surface area contributed by atoms with Gasteiger partial charge >= 0.3 is 31.7 Å². The average Bonchev–Trinajstić information content (AvgIpc) is 0.754. The zero-order valence-corrected chi connectivity index (χ0v) is 74.6. The van der Waals surface area contributed by atoms with Gasteiger partial charge in [0.2, 0.25) is 0 Å². The van der Waals surface area contributed by atoms with E-state index in [0.29, 0.717) is 32.1 Å². The van der Waals surface area contributed by atoms with E-state index < -0.39 is 162 Å². The zero-order valence-electron chi connectivity index (χ0n) is 73.7. The predicted octanol–water partition coefficient (Wildman–Crippen LogP) is 17.7. The molecule has 0 aromatic carbocycles. The summed E-state index contributed by atoms with van der Waals surface area (Å²) < 4.78 is 73.5. The second kappa shape index (κ2) is 71.1. The van der Waals surface area contributed by atoms with E-state index in [2.05, 4.69) is 52.0 Å². The molecule has 26 heteroatoms. The number of aliphatic hydroxyl groups excluding tert-OH is 9. The smallest absolute Gasteiger partial charge is 0.463 e. The molecule has 118 heavy (non-hydrogen) atoms. The van der Waals surface area contributed by atoms with Crippen LogP contribution >= 0.6 is 7.82 Å². The van der Waals surface area contributed by atoms with Gasteiger partial charge < -0.3 is 88.7 Å². The van der Waals surface area contributed by atoms with Gasteiger partial charge in [-0.25, -0.2) is 4.57 Å². The molecule has 18 atom stereocenters. The van der Waals surface area contributed by atoms with E-state index in [-0.39, 0.29) is 25.7 Å². The van der Waals surface area contributed by atoms with Gasteiger partial charge in [-0.1, -0.05) is 328 Å². The summed E-state index contributed by atoms with van der Waals surface area (Å²) in [5.74, 6) is -2.96. The Bertz CT molecular complexity index is 2550. The van der Waals surface area contributed by atoms with Crippen molar-refractivity contribution in [3.8, 4) is 0 Å². The lowest BCUT2D eigenvalue weighted by Crippen LogP contribution is -2.70. The highest BCUT2D eigenvalue weighted by Crippen LogP contribution is 2.49. The number of carbonyl (C=O) groups excluding carboxylic acids is 4. The number of hydrogen-bond acceptors (Lipinski definition) is 24. The molecule has 0 spiro atoms. The van der Waals surface area contributed by atoms with Crippen LogP contribution in [-0.4, -0.2) is 205 Å². The summed E-state index contributed by atoms with van der Waals surface area (Å²) in [5, 5.41) is 102. The van der Waals surface area contributed by atoms with E-state index in [4.69, 9.17) is 46.9 Å². The molecular weight excluding hydrogens is 1540 g/mol. The van der Waals surface area contributed by atoms with Crippen LogP contribution in [0.3, 0.4) is 0 Å². The summed E-state index contributed by atoms with van der Waals surface area (Å²) in [4.78, 5) is 66.5. The van der Waals surface area contributed by atoms with Gasteiger partial charge in [0.25, 0.3) is 0 Å². The van der Waals surface area contributed by atoms with Crippen LogP contribution in [-0.2, 0) is 70.7 Å². The van der Waals surface area contributed by atoms with Crippen LogP contribution in [0.25, 0.3) is 0 Å². The number of hydrogen-bond donors (Lipinski definition) is 10. The fourth-order valence-electron chi connectivity index (χ4n) is 15.6. The highest BCUT2D eigenvalue weighted by atomic mass is 31.2. The zero-order chi connectivity index (χ0) is 86.1. The Kier molecular flexibility index (Phi) is 65.8. The fraction of sp³-hybridized carbons (Fsp3) is 0.913. The molecule has 3 rings (SSSR count). The van der Waals surface area contributed by atoms with E-state index in [9.17, 15) is 74.6 Å². The van der Waals surface area contributed by atoms with Crippen molar-refractivity contribution < 1.29 is 122 Å². The number of allylic oxidation sites excluding steroid dienone is 4. The Balaban J connectivity index is 1.91. The third kappa shape index (κ3) is 50.8. The molecule has 0 bridgehead atoms. The van der Waals surface area contributed by atoms with Crippen LogP contribution in [0.1, 0.15) is 407 Å². The molecule has 0 amide bonds. The molecule has 10 N–H and O–H groups in total. The van der Waals surface area contributed by atoms with Crippen molar-refractivity contribution in [2.75, 3.05) is 26.4 Å². The van der Waals surface area contributed by atoms with Gasteiger partial charge in [0.15, 0.2) is 24.8 Å². The van der Waals surface area contributed by atoms with Gasteiger partial charge in [-0.3, -0.25) is 28.2 Å². The van der Waals surface area contributed by atoms with Gasteiger partial charge in [0.05, 0.1) is 13.2 Å². The first-order valence-corrected chi connectivity index (χ1v) is 49.1. The van der Waals surface area contributed by atoms with Crippen LogP contribution in [0.2, 0.25) is 0 Å². The largest absolute Gasteiger partial charge is 0.472 e. The molecule has 3 fully saturated rings. The highest BCUT2D eigenvalue weighted by Gasteiger charge is 2.60. The Hall–Kier alpha value is -3.05. The van der Waals surface area contributed by atoms with Gasteiger partial charge in [0, 0.05) is 25.7 Å². The van der Waals surface area contributed by atoms with Gasteiger partial charge in [-0.2, -0.15) is 0 Å². The second-order valence-corrected chi connectivity index (χ2v) is 35.3. The minimum absolute atomic E-state index is 0.00994. The summed E-state index contributed by atoms with van der Waals surface area (Å²) in [6, 6.07) is 0. The Morgan fingerprint density at radius 3 is 1.02 bits per heavy atom. The number of unbranched alkanes of at least 4 members (excludes halogenated alkanes) is 49. The maximum atomic E-state index is 14.9. The summed E-state index contributed by atoms with van der Waals surface area (Å²) in [7, 11) is -5.81. The molecule has 1 saturated carbocycles. The molecule has 1 aliphatic carbocycles. The SMILES string of the molecule is CCCCCC/C=C\CCCCCCCCCC(=O)OCC(COP(=O)(O)OC1C(OC2OC(CO)C(O)C(O)C2O)C(O)C(O)C(OC(=O)CCCCCCCCCCCCCCC)C1OC1OC(COC(=O)CCCCCCCCC/C=C\CCCCCC)C(O)C(O)C1O)OC(=O)CCCCCCCCCCCCCCCCCC. The molecular formula is C92H169O25P. The number of phosphoric ester groups is 1. The second-order valence-electron chi connectivity index (χ2n) is 33.9. The third-order valence-corrected chi connectivity index (χ3v) is 24.2. The average molecular weight is 1710 g/mol. The molecule has 2 saturated heterocycles. The lowest BCUT2D eigenvalue weighted by molar-refractivity contribution is -0.360. The van der Waals surface area contributed by atoms with Gasteiger partial charge in [-0.05, 0) is 77.0 Å². The van der Waals surface area contributed by atoms with E-state index in [1.54, 1.807) is 0 Å². The van der Waals surface area contributed by atoms with Gasteiger partial charge in [0.1, 0.15) is 92.6 Å². The minimum Gasteiger partial charge on any atom is -0.463 e. The summed E-state index contributed by atoms with van der Waals surface area (Å²) >= 11 is 0. The van der Waals surface area contributed by atoms with Crippen LogP contribution in [0, 0.1) is 0 Å². The number of rotatable bonds is 77. The maximum Gasteiger partial charge on any atom is 0.472 e. The summed E-state index contributed by atoms with van der Waals surface area (Å²) in [6.45, 7) is 5.58. The van der Waals surface area contributed by atoms with Crippen LogP contribution in [0.5, 0.6) is 0 Å². The van der Waals surface area contributed by atoms with Crippen molar-refractivity contribution in [1.82, 2.24) is 0 Å². The van der Waals surface area contributed by atoms with Crippen LogP contribution < -0.4 is 0 Å². The fourth-order valence-corrected chi connectivity index (χ4v) is 16.6. The number of esters is 4. The van der Waals surface area contributed by atoms with Crippen molar-refractivity contribution in [2.45, 2.75) is 511 Å².